The van der Waals surface area contributed by atoms with Gasteiger partial charge in [-0.15, -0.1) is 0 Å². The lowest BCUT2D eigenvalue weighted by molar-refractivity contribution is 0.414. The fraction of sp³-hybridized carbons (Fsp3) is 0.214. The Kier molecular flexibility index (Phi) is 3.94. The molecule has 0 aliphatic rings. The van der Waals surface area contributed by atoms with Crippen LogP contribution in [0.25, 0.3) is 0 Å². The first kappa shape index (κ1) is 14.3. The fourth-order valence-electron chi connectivity index (χ4n) is 1.85. The lowest BCUT2D eigenvalue weighted by atomic mass is 10.2. The minimum absolute atomic E-state index is 0.166. The Labute approximate surface area is 118 Å². The van der Waals surface area contributed by atoms with Crippen molar-refractivity contribution in [2.45, 2.75) is 18.7 Å². The molecule has 0 saturated heterocycles. The van der Waals surface area contributed by atoms with E-state index in [1.807, 2.05) is 19.9 Å². The smallest absolute Gasteiger partial charge is 0.263 e. The van der Waals surface area contributed by atoms with E-state index in [0.717, 1.165) is 11.3 Å². The first-order chi connectivity index (χ1) is 9.40. The largest absolute Gasteiger partial charge is 0.497 e. The van der Waals surface area contributed by atoms with Crippen LogP contribution in [0.4, 0.5) is 5.82 Å². The van der Waals surface area contributed by atoms with E-state index in [1.54, 1.807) is 18.2 Å². The average Bonchev–Trinajstić information content (AvgIpc) is 2.37. The van der Waals surface area contributed by atoms with Crippen molar-refractivity contribution >= 4 is 15.8 Å². The Bertz CT molecular complexity index is 689. The number of hydrogen-bond donors (Lipinski definition) is 1. The molecular weight excluding hydrogens is 276 g/mol. The molecule has 2 rings (SSSR count). The number of benzene rings is 1. The molecule has 106 valence electrons. The van der Waals surface area contributed by atoms with E-state index in [9.17, 15) is 8.42 Å². The van der Waals surface area contributed by atoms with E-state index in [1.165, 1.54) is 19.2 Å². The van der Waals surface area contributed by atoms with Crippen molar-refractivity contribution in [1.29, 1.82) is 0 Å². The second-order valence-corrected chi connectivity index (χ2v) is 6.13. The number of ether oxygens (including phenoxy) is 1. The third-order valence-electron chi connectivity index (χ3n) is 2.71. The minimum Gasteiger partial charge on any atom is -0.497 e. The van der Waals surface area contributed by atoms with Crippen LogP contribution in [0.15, 0.2) is 41.3 Å². The summed E-state index contributed by atoms with van der Waals surface area (Å²) in [5.41, 5.74) is 1.71. The number of nitrogens with zero attached hydrogens (tertiary/aromatic N) is 1. The van der Waals surface area contributed by atoms with Gasteiger partial charge in [0.2, 0.25) is 0 Å². The van der Waals surface area contributed by atoms with Crippen LogP contribution in [0.1, 0.15) is 11.3 Å². The Balaban J connectivity index is 2.30. The molecule has 0 unspecified atom stereocenters. The zero-order valence-electron chi connectivity index (χ0n) is 11.5. The van der Waals surface area contributed by atoms with Crippen LogP contribution in [-0.2, 0) is 10.0 Å². The third kappa shape index (κ3) is 3.27. The predicted molar refractivity (Wildman–Crippen MR) is 77.5 cm³/mol. The van der Waals surface area contributed by atoms with Gasteiger partial charge in [-0.1, -0.05) is 0 Å². The van der Waals surface area contributed by atoms with Gasteiger partial charge in [-0.25, -0.2) is 13.4 Å². The molecule has 1 heterocycles. The lowest BCUT2D eigenvalue weighted by Crippen LogP contribution is -2.14. The summed E-state index contributed by atoms with van der Waals surface area (Å²) < 4.78 is 31.9. The van der Waals surface area contributed by atoms with Crippen molar-refractivity contribution < 1.29 is 13.2 Å². The van der Waals surface area contributed by atoms with Crippen molar-refractivity contribution in [2.75, 3.05) is 11.8 Å². The monoisotopic (exact) mass is 292 g/mol. The van der Waals surface area contributed by atoms with E-state index >= 15 is 0 Å². The number of methoxy groups -OCH3 is 1. The number of aryl methyl sites for hydroxylation is 2. The standard InChI is InChI=1S/C14H16N2O3S/c1-10-8-11(2)15-14(9-10)16-20(17,18)13-6-4-12(19-3)5-7-13/h4-9H,1-3H3,(H,15,16). The summed E-state index contributed by atoms with van der Waals surface area (Å²) in [5, 5.41) is 0. The first-order valence-corrected chi connectivity index (χ1v) is 7.51. The Morgan fingerprint density at radius 3 is 2.30 bits per heavy atom. The predicted octanol–water partition coefficient (Wildman–Crippen LogP) is 2.51. The molecule has 0 aliphatic heterocycles. The van der Waals surface area contributed by atoms with Gasteiger partial charge in [-0.05, 0) is 55.8 Å². The second kappa shape index (κ2) is 5.50. The molecule has 6 heteroatoms. The summed E-state index contributed by atoms with van der Waals surface area (Å²) in [6, 6.07) is 9.75. The maximum absolute atomic E-state index is 12.2. The summed E-state index contributed by atoms with van der Waals surface area (Å²) >= 11 is 0. The van der Waals surface area contributed by atoms with Crippen molar-refractivity contribution in [3.8, 4) is 5.75 Å². The molecule has 1 aromatic carbocycles. The molecule has 0 radical (unpaired) electrons. The molecule has 20 heavy (non-hydrogen) atoms. The number of sulfonamides is 1. The molecule has 2 aromatic rings. The molecule has 0 atom stereocenters. The number of rotatable bonds is 4. The summed E-state index contributed by atoms with van der Waals surface area (Å²) in [4.78, 5) is 4.33. The third-order valence-corrected chi connectivity index (χ3v) is 4.08. The van der Waals surface area contributed by atoms with Crippen molar-refractivity contribution in [1.82, 2.24) is 4.98 Å². The van der Waals surface area contributed by atoms with Crippen LogP contribution in [0.5, 0.6) is 5.75 Å². The van der Waals surface area contributed by atoms with Gasteiger partial charge in [0.1, 0.15) is 11.6 Å². The highest BCUT2D eigenvalue weighted by atomic mass is 32.2. The Morgan fingerprint density at radius 1 is 1.10 bits per heavy atom. The molecule has 5 nitrogen and oxygen atoms in total. The van der Waals surface area contributed by atoms with Crippen molar-refractivity contribution in [3.05, 3.63) is 47.7 Å². The lowest BCUT2D eigenvalue weighted by Gasteiger charge is -2.09. The molecule has 0 spiro atoms. The van der Waals surface area contributed by atoms with Gasteiger partial charge in [0.25, 0.3) is 10.0 Å². The van der Waals surface area contributed by atoms with E-state index in [-0.39, 0.29) is 4.90 Å². The number of aromatic nitrogens is 1. The SMILES string of the molecule is COc1ccc(S(=O)(=O)Nc2cc(C)cc(C)n2)cc1. The van der Waals surface area contributed by atoms with Crippen LogP contribution in [-0.4, -0.2) is 20.5 Å². The van der Waals surface area contributed by atoms with Gasteiger partial charge in [0, 0.05) is 5.69 Å². The highest BCUT2D eigenvalue weighted by Gasteiger charge is 2.15. The topological polar surface area (TPSA) is 68.3 Å². The number of nitrogens with one attached hydrogen (secondary N) is 1. The molecule has 0 amide bonds. The summed E-state index contributed by atoms with van der Waals surface area (Å²) in [6.45, 7) is 3.71. The molecule has 1 aromatic heterocycles. The van der Waals surface area contributed by atoms with Gasteiger partial charge < -0.3 is 4.74 Å². The maximum Gasteiger partial charge on any atom is 0.263 e. The first-order valence-electron chi connectivity index (χ1n) is 6.03. The zero-order valence-corrected chi connectivity index (χ0v) is 12.4. The van der Waals surface area contributed by atoms with Crippen LogP contribution >= 0.6 is 0 Å². The molecule has 0 bridgehead atoms. The molecule has 0 saturated carbocycles. The van der Waals surface area contributed by atoms with Crippen molar-refractivity contribution in [2.24, 2.45) is 0 Å². The van der Waals surface area contributed by atoms with Gasteiger partial charge in [0.15, 0.2) is 0 Å². The van der Waals surface area contributed by atoms with Gasteiger partial charge in [-0.3, -0.25) is 4.72 Å². The van der Waals surface area contributed by atoms with Crippen LogP contribution in [0.3, 0.4) is 0 Å². The average molecular weight is 292 g/mol. The maximum atomic E-state index is 12.2. The summed E-state index contributed by atoms with van der Waals surface area (Å²) in [7, 11) is -2.11. The van der Waals surface area contributed by atoms with E-state index in [2.05, 4.69) is 9.71 Å². The summed E-state index contributed by atoms with van der Waals surface area (Å²) in [5.74, 6) is 0.923. The molecular formula is C14H16N2O3S. The number of pyridine rings is 1. The highest BCUT2D eigenvalue weighted by Crippen LogP contribution is 2.19. The van der Waals surface area contributed by atoms with Crippen molar-refractivity contribution in [3.63, 3.8) is 0 Å². The van der Waals surface area contributed by atoms with E-state index in [0.29, 0.717) is 11.6 Å². The normalized spacial score (nSPS) is 11.2. The van der Waals surface area contributed by atoms with Crippen LogP contribution in [0.2, 0.25) is 0 Å². The Hall–Kier alpha value is -2.08. The quantitative estimate of drug-likeness (QED) is 0.940. The molecule has 1 N–H and O–H groups in total. The van der Waals surface area contributed by atoms with Gasteiger partial charge >= 0.3 is 0 Å². The van der Waals surface area contributed by atoms with Gasteiger partial charge in [-0.2, -0.15) is 0 Å². The Morgan fingerprint density at radius 2 is 1.75 bits per heavy atom. The zero-order chi connectivity index (χ0) is 14.8. The van der Waals surface area contributed by atoms with E-state index in [4.69, 9.17) is 4.74 Å². The summed E-state index contributed by atoms with van der Waals surface area (Å²) in [6.07, 6.45) is 0. The molecule has 0 fully saturated rings. The van der Waals surface area contributed by atoms with Gasteiger partial charge in [0.05, 0.1) is 12.0 Å². The van der Waals surface area contributed by atoms with Crippen LogP contribution < -0.4 is 9.46 Å². The van der Waals surface area contributed by atoms with Crippen LogP contribution in [0, 0.1) is 13.8 Å². The molecule has 0 aliphatic carbocycles. The minimum atomic E-state index is -3.64. The number of anilines is 1. The highest BCUT2D eigenvalue weighted by molar-refractivity contribution is 7.92. The number of hydrogen-bond acceptors (Lipinski definition) is 4. The fourth-order valence-corrected chi connectivity index (χ4v) is 2.84. The second-order valence-electron chi connectivity index (χ2n) is 4.45. The van der Waals surface area contributed by atoms with E-state index < -0.39 is 10.0 Å².